The Morgan fingerprint density at radius 1 is 1.67 bits per heavy atom. The van der Waals surface area contributed by atoms with Crippen LogP contribution in [0.25, 0.3) is 0 Å². The van der Waals surface area contributed by atoms with Gasteiger partial charge in [0.25, 0.3) is 0 Å². The normalized spacial score (nSPS) is 11.8. The lowest BCUT2D eigenvalue weighted by atomic mass is 10.2. The highest BCUT2D eigenvalue weighted by atomic mass is 127. The summed E-state index contributed by atoms with van der Waals surface area (Å²) in [6, 6.07) is 0. The Morgan fingerprint density at radius 2 is 2.22 bits per heavy atom. The number of nitrogens with one attached hydrogen (secondary N) is 1. The van der Waals surface area contributed by atoms with Crippen molar-refractivity contribution in [2.75, 3.05) is 0 Å². The van der Waals surface area contributed by atoms with Crippen LogP contribution in [-0.4, -0.2) is 5.90 Å². The van der Waals surface area contributed by atoms with Crippen LogP contribution in [0.2, 0.25) is 0 Å². The maximum atomic E-state index is 6.38. The van der Waals surface area contributed by atoms with Gasteiger partial charge in [-0.15, -0.1) is 0 Å². The van der Waals surface area contributed by atoms with Crippen molar-refractivity contribution in [1.82, 2.24) is 0 Å². The van der Waals surface area contributed by atoms with Gasteiger partial charge < -0.3 is 3.07 Å². The molecule has 0 heterocycles. The van der Waals surface area contributed by atoms with E-state index in [0.29, 0.717) is 5.90 Å². The molecule has 9 heavy (non-hydrogen) atoms. The van der Waals surface area contributed by atoms with E-state index in [1.54, 1.807) is 23.0 Å². The van der Waals surface area contributed by atoms with Crippen molar-refractivity contribution in [3.8, 4) is 0 Å². The van der Waals surface area contributed by atoms with Crippen molar-refractivity contribution in [2.45, 2.75) is 13.8 Å². The number of halogens is 1. The van der Waals surface area contributed by atoms with E-state index in [0.717, 1.165) is 0 Å². The molecule has 0 aromatic carbocycles. The van der Waals surface area contributed by atoms with Crippen LogP contribution in [0, 0.1) is 11.4 Å². The zero-order chi connectivity index (χ0) is 7.28. The van der Waals surface area contributed by atoms with Crippen LogP contribution >= 0.6 is 23.0 Å². The summed E-state index contributed by atoms with van der Waals surface area (Å²) in [6.45, 7) is 3.84. The highest BCUT2D eigenvalue weighted by Gasteiger charge is 2.03. The third-order valence-corrected chi connectivity index (χ3v) is 1.17. The Kier molecular flexibility index (Phi) is 4.55. The minimum absolute atomic E-state index is 0.191. The zero-order valence-corrected chi connectivity index (χ0v) is 7.42. The maximum absolute atomic E-state index is 6.38. The minimum Gasteiger partial charge on any atom is -0.410 e. The molecule has 0 fully saturated rings. The molecule has 0 radical (unpaired) electrons. The Labute approximate surface area is 67.9 Å². The van der Waals surface area contributed by atoms with Crippen LogP contribution in [0.5, 0.6) is 0 Å². The molecule has 4 nitrogen and oxygen atoms in total. The smallest absolute Gasteiger partial charge is 0.224 e. The van der Waals surface area contributed by atoms with Gasteiger partial charge >= 0.3 is 0 Å². The fraction of sp³-hybridized carbons (Fsp3) is 0.750. The molecular weight excluding hydrogens is 233 g/mol. The number of hydrogen-bond acceptors (Lipinski definition) is 3. The van der Waals surface area contributed by atoms with E-state index in [9.17, 15) is 0 Å². The van der Waals surface area contributed by atoms with E-state index in [-0.39, 0.29) is 5.92 Å². The van der Waals surface area contributed by atoms with Gasteiger partial charge in [0.05, 0.1) is 0 Å². The summed E-state index contributed by atoms with van der Waals surface area (Å²) in [4.78, 5) is 0. The first-order valence-electron chi connectivity index (χ1n) is 2.45. The molecule has 0 aliphatic rings. The molecule has 0 unspecified atom stereocenters. The molecule has 5 heteroatoms. The van der Waals surface area contributed by atoms with E-state index in [2.05, 4.69) is 10.3 Å². The van der Waals surface area contributed by atoms with Crippen molar-refractivity contribution < 1.29 is 3.07 Å². The number of rotatable bonds is 2. The summed E-state index contributed by atoms with van der Waals surface area (Å²) in [5, 5.41) is 6.26. The highest BCUT2D eigenvalue weighted by Crippen LogP contribution is 2.02. The first-order chi connectivity index (χ1) is 4.22. The molecule has 0 aliphatic carbocycles. The number of nitrogens with zero attached hydrogens (tertiary/aromatic N) is 2. The SMILES string of the molecule is CC(C)/C(=N/N=N)OI. The van der Waals surface area contributed by atoms with Gasteiger partial charge in [-0.25, -0.2) is 0 Å². The van der Waals surface area contributed by atoms with Gasteiger partial charge in [-0.1, -0.05) is 18.9 Å². The average molecular weight is 241 g/mol. The van der Waals surface area contributed by atoms with Gasteiger partial charge in [0.2, 0.25) is 5.90 Å². The van der Waals surface area contributed by atoms with Crippen LogP contribution < -0.4 is 0 Å². The lowest BCUT2D eigenvalue weighted by Gasteiger charge is -2.01. The summed E-state index contributed by atoms with van der Waals surface area (Å²) in [5.74, 6) is 0.668. The molecule has 0 aromatic rings. The highest BCUT2D eigenvalue weighted by molar-refractivity contribution is 14.1. The van der Waals surface area contributed by atoms with Crippen molar-refractivity contribution >= 4 is 28.9 Å². The van der Waals surface area contributed by atoms with Crippen LogP contribution in [0.4, 0.5) is 0 Å². The van der Waals surface area contributed by atoms with Crippen LogP contribution in [0.1, 0.15) is 13.8 Å². The third-order valence-electron chi connectivity index (χ3n) is 0.722. The van der Waals surface area contributed by atoms with E-state index >= 15 is 0 Å². The molecule has 0 amide bonds. The molecule has 0 aliphatic heterocycles. The molecule has 52 valence electrons. The fourth-order valence-electron chi connectivity index (χ4n) is 0.269. The van der Waals surface area contributed by atoms with E-state index in [4.69, 9.17) is 8.60 Å². The molecule has 0 rings (SSSR count). The Balaban J connectivity index is 3.96. The van der Waals surface area contributed by atoms with Crippen LogP contribution in [0.3, 0.4) is 0 Å². The van der Waals surface area contributed by atoms with E-state index in [1.165, 1.54) is 0 Å². The van der Waals surface area contributed by atoms with Gasteiger partial charge in [0.15, 0.2) is 23.0 Å². The summed E-state index contributed by atoms with van der Waals surface area (Å²) in [7, 11) is 0. The molecule has 0 aromatic heterocycles. The molecule has 0 saturated heterocycles. The second-order valence-corrected chi connectivity index (χ2v) is 2.21. The van der Waals surface area contributed by atoms with Gasteiger partial charge in [0, 0.05) is 5.92 Å². The average Bonchev–Trinajstić information content (AvgIpc) is 1.82. The summed E-state index contributed by atoms with van der Waals surface area (Å²) < 4.78 is 4.76. The van der Waals surface area contributed by atoms with Gasteiger partial charge in [-0.2, -0.15) is 5.53 Å². The topological polar surface area (TPSA) is 57.8 Å². The summed E-state index contributed by atoms with van der Waals surface area (Å²) in [5.41, 5.74) is 6.38. The van der Waals surface area contributed by atoms with Gasteiger partial charge in [0.1, 0.15) is 0 Å². The van der Waals surface area contributed by atoms with Crippen molar-refractivity contribution in [3.05, 3.63) is 0 Å². The van der Waals surface area contributed by atoms with Crippen LogP contribution in [-0.2, 0) is 3.07 Å². The lowest BCUT2D eigenvalue weighted by Crippen LogP contribution is -2.05. The summed E-state index contributed by atoms with van der Waals surface area (Å²) >= 11 is 1.71. The summed E-state index contributed by atoms with van der Waals surface area (Å²) in [6.07, 6.45) is 0. The molecular formula is C4H8IN3O. The Bertz CT molecular complexity index is 123. The van der Waals surface area contributed by atoms with Crippen molar-refractivity contribution in [1.29, 1.82) is 5.53 Å². The molecule has 0 saturated carbocycles. The predicted molar refractivity (Wildman–Crippen MR) is 42.5 cm³/mol. The maximum Gasteiger partial charge on any atom is 0.224 e. The Hall–Kier alpha value is -0.200. The van der Waals surface area contributed by atoms with Crippen molar-refractivity contribution in [2.24, 2.45) is 16.2 Å². The van der Waals surface area contributed by atoms with Gasteiger partial charge in [-0.05, 0) is 5.22 Å². The quantitative estimate of drug-likeness (QED) is 0.260. The standard InChI is InChI=1S/C4H8IN3O/c1-3(2)4(9-5)7-8-6/h3,6H,1-2H3/b7-4-,8-6?. The van der Waals surface area contributed by atoms with E-state index < -0.39 is 0 Å². The monoisotopic (exact) mass is 241 g/mol. The first-order valence-corrected chi connectivity index (χ1v) is 3.33. The van der Waals surface area contributed by atoms with Gasteiger partial charge in [-0.3, -0.25) is 0 Å². The zero-order valence-electron chi connectivity index (χ0n) is 5.26. The second-order valence-electron chi connectivity index (χ2n) is 1.77. The first kappa shape index (κ1) is 8.80. The molecule has 0 atom stereocenters. The second kappa shape index (κ2) is 4.66. The lowest BCUT2D eigenvalue weighted by molar-refractivity contribution is 0.623. The number of hydrogen-bond donors (Lipinski definition) is 1. The third kappa shape index (κ3) is 3.39. The fourth-order valence-corrected chi connectivity index (χ4v) is 0.866. The predicted octanol–water partition coefficient (Wildman–Crippen LogP) is 2.35. The van der Waals surface area contributed by atoms with Crippen LogP contribution in [0.15, 0.2) is 10.3 Å². The minimum atomic E-state index is 0.191. The largest absolute Gasteiger partial charge is 0.410 e. The molecule has 0 bridgehead atoms. The van der Waals surface area contributed by atoms with E-state index in [1.807, 2.05) is 13.8 Å². The van der Waals surface area contributed by atoms with Crippen molar-refractivity contribution in [3.63, 3.8) is 0 Å². The molecule has 0 spiro atoms. The Morgan fingerprint density at radius 3 is 2.33 bits per heavy atom. The molecule has 1 N–H and O–H groups in total.